The third-order valence-electron chi connectivity index (χ3n) is 2.37. The Balaban J connectivity index is 2.44. The number of rotatable bonds is 8. The van der Waals surface area contributed by atoms with Crippen LogP contribution < -0.4 is 0 Å². The number of carbonyl (C=O) groups excluding carboxylic acids is 2. The Morgan fingerprint density at radius 2 is 1.95 bits per heavy atom. The molecular weight excluding hydrogens is 385 g/mol. The first-order valence-corrected chi connectivity index (χ1v) is 7.24. The lowest BCUT2D eigenvalue weighted by atomic mass is 10.4. The highest BCUT2D eigenvalue weighted by atomic mass is 127. The molecule has 0 aliphatic heterocycles. The first-order chi connectivity index (χ1) is 10.1. The Labute approximate surface area is 137 Å². The van der Waals surface area contributed by atoms with Gasteiger partial charge in [-0.25, -0.2) is 4.79 Å². The Kier molecular flexibility index (Phi) is 7.52. The Morgan fingerprint density at radius 3 is 2.48 bits per heavy atom. The van der Waals surface area contributed by atoms with Crippen LogP contribution in [0.3, 0.4) is 0 Å². The van der Waals surface area contributed by atoms with E-state index in [0.717, 1.165) is 3.77 Å². The van der Waals surface area contributed by atoms with Gasteiger partial charge in [0.1, 0.15) is 5.76 Å². The van der Waals surface area contributed by atoms with E-state index < -0.39 is 5.97 Å². The SMILES string of the molecule is C=CCN(CC=C)C(=O)COC(=O)/C=C/c1ccc(I)o1. The normalized spacial score (nSPS) is 10.3. The molecular formula is C15H16INO4. The molecule has 0 radical (unpaired) electrons. The summed E-state index contributed by atoms with van der Waals surface area (Å²) < 4.78 is 10.9. The summed E-state index contributed by atoms with van der Waals surface area (Å²) in [6.07, 6.45) is 5.90. The molecule has 0 spiro atoms. The van der Waals surface area contributed by atoms with Crippen LogP contribution in [-0.2, 0) is 14.3 Å². The van der Waals surface area contributed by atoms with E-state index >= 15 is 0 Å². The van der Waals surface area contributed by atoms with Gasteiger partial charge < -0.3 is 14.1 Å². The fourth-order valence-corrected chi connectivity index (χ4v) is 1.86. The van der Waals surface area contributed by atoms with E-state index in [0.29, 0.717) is 18.8 Å². The number of nitrogens with zero attached hydrogens (tertiary/aromatic N) is 1. The first kappa shape index (κ1) is 17.2. The van der Waals surface area contributed by atoms with Crippen molar-refractivity contribution in [2.24, 2.45) is 0 Å². The Hall–Kier alpha value is -1.83. The van der Waals surface area contributed by atoms with Crippen LogP contribution in [0.15, 0.2) is 47.9 Å². The highest BCUT2D eigenvalue weighted by molar-refractivity contribution is 14.1. The van der Waals surface area contributed by atoms with Crippen molar-refractivity contribution >= 4 is 40.5 Å². The van der Waals surface area contributed by atoms with Gasteiger partial charge in [0.2, 0.25) is 0 Å². The van der Waals surface area contributed by atoms with Gasteiger partial charge in [-0.1, -0.05) is 12.2 Å². The molecule has 0 N–H and O–H groups in total. The van der Waals surface area contributed by atoms with E-state index in [1.807, 2.05) is 22.6 Å². The van der Waals surface area contributed by atoms with Crippen molar-refractivity contribution in [3.63, 3.8) is 0 Å². The molecule has 0 bridgehead atoms. The number of ether oxygens (including phenoxy) is 1. The molecule has 6 heteroatoms. The van der Waals surface area contributed by atoms with Crippen LogP contribution in [0.1, 0.15) is 5.76 Å². The predicted molar refractivity (Wildman–Crippen MR) is 88.4 cm³/mol. The molecule has 21 heavy (non-hydrogen) atoms. The molecule has 0 saturated carbocycles. The van der Waals surface area contributed by atoms with E-state index in [1.54, 1.807) is 24.3 Å². The van der Waals surface area contributed by atoms with E-state index in [1.165, 1.54) is 17.1 Å². The third kappa shape index (κ3) is 6.44. The second kappa shape index (κ2) is 9.17. The topological polar surface area (TPSA) is 59.8 Å². The molecule has 1 aromatic heterocycles. The van der Waals surface area contributed by atoms with Gasteiger partial charge in [0.15, 0.2) is 10.4 Å². The van der Waals surface area contributed by atoms with E-state index in [2.05, 4.69) is 13.2 Å². The Morgan fingerprint density at radius 1 is 1.29 bits per heavy atom. The molecule has 112 valence electrons. The monoisotopic (exact) mass is 401 g/mol. The van der Waals surface area contributed by atoms with Gasteiger partial charge in [-0.15, -0.1) is 13.2 Å². The van der Waals surface area contributed by atoms with Crippen LogP contribution >= 0.6 is 22.6 Å². The summed E-state index contributed by atoms with van der Waals surface area (Å²) in [7, 11) is 0. The molecule has 0 aliphatic rings. The maximum Gasteiger partial charge on any atom is 0.331 e. The number of halogens is 1. The van der Waals surface area contributed by atoms with Gasteiger partial charge in [-0.3, -0.25) is 4.79 Å². The third-order valence-corrected chi connectivity index (χ3v) is 2.95. The number of carbonyl (C=O) groups is 2. The van der Waals surface area contributed by atoms with Crippen LogP contribution in [0.25, 0.3) is 6.08 Å². The smallest absolute Gasteiger partial charge is 0.331 e. The number of hydrogen-bond donors (Lipinski definition) is 0. The van der Waals surface area contributed by atoms with E-state index in [4.69, 9.17) is 9.15 Å². The molecule has 0 fully saturated rings. The summed E-state index contributed by atoms with van der Waals surface area (Å²) in [6.45, 7) is 7.57. The molecule has 1 heterocycles. The van der Waals surface area contributed by atoms with Crippen molar-refractivity contribution in [2.45, 2.75) is 0 Å². The predicted octanol–water partition coefficient (Wildman–Crippen LogP) is 2.64. The van der Waals surface area contributed by atoms with Gasteiger partial charge in [0, 0.05) is 19.2 Å². The summed E-state index contributed by atoms with van der Waals surface area (Å²) in [6, 6.07) is 3.50. The zero-order valence-corrected chi connectivity index (χ0v) is 13.6. The fraction of sp³-hybridized carbons (Fsp3) is 0.200. The minimum absolute atomic E-state index is 0.302. The minimum atomic E-state index is -0.605. The van der Waals surface area contributed by atoms with E-state index in [9.17, 15) is 9.59 Å². The molecule has 0 aliphatic carbocycles. The van der Waals surface area contributed by atoms with Gasteiger partial charge in [-0.2, -0.15) is 0 Å². The summed E-state index contributed by atoms with van der Waals surface area (Å²) in [5.41, 5.74) is 0. The van der Waals surface area contributed by atoms with Crippen molar-refractivity contribution in [1.82, 2.24) is 4.90 Å². The molecule has 0 atom stereocenters. The zero-order valence-electron chi connectivity index (χ0n) is 11.5. The van der Waals surface area contributed by atoms with Crippen molar-refractivity contribution in [1.29, 1.82) is 0 Å². The number of esters is 1. The van der Waals surface area contributed by atoms with Gasteiger partial charge in [0.05, 0.1) is 0 Å². The van der Waals surface area contributed by atoms with Crippen LogP contribution in [0.2, 0.25) is 0 Å². The van der Waals surface area contributed by atoms with Crippen molar-refractivity contribution < 1.29 is 18.7 Å². The van der Waals surface area contributed by atoms with Crippen LogP contribution in [-0.4, -0.2) is 36.5 Å². The largest absolute Gasteiger partial charge is 0.452 e. The summed E-state index contributed by atoms with van der Waals surface area (Å²) in [5, 5.41) is 0. The second-order valence-electron chi connectivity index (χ2n) is 3.96. The number of furan rings is 1. The van der Waals surface area contributed by atoms with Crippen molar-refractivity contribution in [2.75, 3.05) is 19.7 Å². The zero-order chi connectivity index (χ0) is 15.7. The Bertz CT molecular complexity index is 538. The van der Waals surface area contributed by atoms with Crippen LogP contribution in [0.4, 0.5) is 0 Å². The van der Waals surface area contributed by atoms with Crippen molar-refractivity contribution in [3.8, 4) is 0 Å². The van der Waals surface area contributed by atoms with Gasteiger partial charge in [-0.05, 0) is 40.8 Å². The molecule has 0 saturated heterocycles. The maximum atomic E-state index is 11.8. The average Bonchev–Trinajstić information content (AvgIpc) is 2.88. The molecule has 0 aromatic carbocycles. The van der Waals surface area contributed by atoms with E-state index in [-0.39, 0.29) is 12.5 Å². The lowest BCUT2D eigenvalue weighted by molar-refractivity contribution is -0.147. The van der Waals surface area contributed by atoms with Crippen molar-refractivity contribution in [3.05, 3.63) is 53.0 Å². The standard InChI is InChI=1S/C15H16INO4/c1-3-9-17(10-4-2)14(18)11-20-15(19)8-6-12-5-7-13(16)21-12/h3-8H,1-2,9-11H2/b8-6+. The first-order valence-electron chi connectivity index (χ1n) is 6.16. The van der Waals surface area contributed by atoms with Gasteiger partial charge >= 0.3 is 5.97 Å². The van der Waals surface area contributed by atoms with Crippen LogP contribution in [0.5, 0.6) is 0 Å². The summed E-state index contributed by atoms with van der Waals surface area (Å²) >= 11 is 2.02. The van der Waals surface area contributed by atoms with Crippen LogP contribution in [0, 0.1) is 3.77 Å². The molecule has 1 amide bonds. The molecule has 1 aromatic rings. The molecule has 5 nitrogen and oxygen atoms in total. The fourth-order valence-electron chi connectivity index (χ4n) is 1.43. The quantitative estimate of drug-likeness (QED) is 0.291. The average molecular weight is 401 g/mol. The maximum absolute atomic E-state index is 11.8. The number of amides is 1. The highest BCUT2D eigenvalue weighted by Crippen LogP contribution is 2.11. The summed E-state index contributed by atoms with van der Waals surface area (Å²) in [5.74, 6) is -0.362. The number of hydrogen-bond acceptors (Lipinski definition) is 4. The highest BCUT2D eigenvalue weighted by Gasteiger charge is 2.12. The minimum Gasteiger partial charge on any atom is -0.452 e. The lowest BCUT2D eigenvalue weighted by Gasteiger charge is -2.18. The molecule has 1 rings (SSSR count). The molecule has 0 unspecified atom stereocenters. The second-order valence-corrected chi connectivity index (χ2v) is 5.02. The summed E-state index contributed by atoms with van der Waals surface area (Å²) in [4.78, 5) is 24.8. The lowest BCUT2D eigenvalue weighted by Crippen LogP contribution is -2.34. The van der Waals surface area contributed by atoms with Gasteiger partial charge in [0.25, 0.3) is 5.91 Å².